The second-order valence-corrected chi connectivity index (χ2v) is 6.72. The zero-order valence-electron chi connectivity index (χ0n) is 14.8. The first-order chi connectivity index (χ1) is 13.2. The minimum absolute atomic E-state index is 0.209. The van der Waals surface area contributed by atoms with Crippen molar-refractivity contribution < 1.29 is 9.50 Å². The van der Waals surface area contributed by atoms with Crippen molar-refractivity contribution in [2.45, 2.75) is 12.0 Å². The van der Waals surface area contributed by atoms with Gasteiger partial charge < -0.3 is 15.3 Å². The van der Waals surface area contributed by atoms with Gasteiger partial charge in [0.25, 0.3) is 0 Å². The number of aromatic nitrogens is 2. The third-order valence-electron chi connectivity index (χ3n) is 4.86. The molecule has 1 saturated heterocycles. The molecule has 1 aliphatic heterocycles. The van der Waals surface area contributed by atoms with Crippen molar-refractivity contribution in [1.82, 2.24) is 9.97 Å². The number of hydrogen-bond acceptors (Lipinski definition) is 5. The van der Waals surface area contributed by atoms with Gasteiger partial charge in [0.05, 0.1) is 6.10 Å². The topological polar surface area (TPSA) is 61.3 Å². The molecule has 1 fully saturated rings. The minimum Gasteiger partial charge on any atom is -0.387 e. The quantitative estimate of drug-likeness (QED) is 0.702. The molecular weight excluding hydrogens is 343 g/mol. The molecule has 0 aliphatic carbocycles. The van der Waals surface area contributed by atoms with Crippen LogP contribution in [0.15, 0.2) is 67.0 Å². The van der Waals surface area contributed by atoms with E-state index in [0.29, 0.717) is 18.3 Å². The van der Waals surface area contributed by atoms with Gasteiger partial charge in [0.2, 0.25) is 0 Å². The van der Waals surface area contributed by atoms with E-state index in [2.05, 4.69) is 20.2 Å². The van der Waals surface area contributed by atoms with Gasteiger partial charge in [-0.05, 0) is 23.3 Å². The fourth-order valence-corrected chi connectivity index (χ4v) is 3.22. The Bertz CT molecular complexity index is 882. The Morgan fingerprint density at radius 2 is 1.81 bits per heavy atom. The van der Waals surface area contributed by atoms with Gasteiger partial charge in [-0.1, -0.05) is 42.5 Å². The number of nitrogens with zero attached hydrogens (tertiary/aromatic N) is 3. The molecule has 1 unspecified atom stereocenters. The van der Waals surface area contributed by atoms with Gasteiger partial charge in [-0.2, -0.15) is 0 Å². The predicted octanol–water partition coefficient (Wildman–Crippen LogP) is 3.37. The van der Waals surface area contributed by atoms with Crippen molar-refractivity contribution in [3.63, 3.8) is 0 Å². The Hall–Kier alpha value is -2.99. The number of aliphatic hydroxyl groups is 1. The van der Waals surface area contributed by atoms with E-state index in [1.165, 1.54) is 18.5 Å². The van der Waals surface area contributed by atoms with E-state index in [1.54, 1.807) is 0 Å². The highest BCUT2D eigenvalue weighted by molar-refractivity contribution is 5.51. The van der Waals surface area contributed by atoms with Gasteiger partial charge in [0, 0.05) is 31.6 Å². The Kier molecular flexibility index (Phi) is 4.98. The summed E-state index contributed by atoms with van der Waals surface area (Å²) in [6, 6.07) is 18.1. The number of rotatable bonds is 6. The van der Waals surface area contributed by atoms with Crippen molar-refractivity contribution in [3.05, 3.63) is 83.9 Å². The maximum absolute atomic E-state index is 13.0. The first kappa shape index (κ1) is 17.4. The molecule has 27 heavy (non-hydrogen) atoms. The Labute approximate surface area is 157 Å². The summed E-state index contributed by atoms with van der Waals surface area (Å²) in [5.74, 6) is 1.70. The SMILES string of the molecule is OC(CNc1cc(N2CC(c3ccc(F)cc3)C2)ncn1)c1ccccc1. The fraction of sp³-hybridized carbons (Fsp3) is 0.238. The monoisotopic (exact) mass is 364 g/mol. The molecule has 0 bridgehead atoms. The van der Waals surface area contributed by atoms with Gasteiger partial charge in [-0.3, -0.25) is 0 Å². The lowest BCUT2D eigenvalue weighted by molar-refractivity contribution is 0.191. The van der Waals surface area contributed by atoms with E-state index in [-0.39, 0.29) is 5.82 Å². The van der Waals surface area contributed by atoms with Crippen LogP contribution in [-0.4, -0.2) is 34.7 Å². The lowest BCUT2D eigenvalue weighted by Gasteiger charge is -2.40. The third-order valence-corrected chi connectivity index (χ3v) is 4.86. The molecule has 2 heterocycles. The zero-order chi connectivity index (χ0) is 18.6. The van der Waals surface area contributed by atoms with Crippen LogP contribution in [0.5, 0.6) is 0 Å². The van der Waals surface area contributed by atoms with E-state index >= 15 is 0 Å². The molecule has 0 saturated carbocycles. The smallest absolute Gasteiger partial charge is 0.134 e. The second-order valence-electron chi connectivity index (χ2n) is 6.72. The minimum atomic E-state index is -0.600. The van der Waals surface area contributed by atoms with E-state index in [0.717, 1.165) is 30.0 Å². The Morgan fingerprint density at radius 3 is 2.56 bits per heavy atom. The number of nitrogens with one attached hydrogen (secondary N) is 1. The number of hydrogen-bond donors (Lipinski definition) is 2. The van der Waals surface area contributed by atoms with E-state index < -0.39 is 6.10 Å². The predicted molar refractivity (Wildman–Crippen MR) is 103 cm³/mol. The molecule has 3 aromatic rings. The molecule has 5 nitrogen and oxygen atoms in total. The second kappa shape index (κ2) is 7.72. The van der Waals surface area contributed by atoms with E-state index in [1.807, 2.05) is 48.5 Å². The molecule has 0 radical (unpaired) electrons. The molecule has 138 valence electrons. The summed E-state index contributed by atoms with van der Waals surface area (Å²) in [4.78, 5) is 10.7. The van der Waals surface area contributed by atoms with Crippen LogP contribution in [0.25, 0.3) is 0 Å². The van der Waals surface area contributed by atoms with Gasteiger partial charge in [0.1, 0.15) is 23.8 Å². The fourth-order valence-electron chi connectivity index (χ4n) is 3.22. The lowest BCUT2D eigenvalue weighted by atomic mass is 9.91. The molecule has 2 aromatic carbocycles. The maximum Gasteiger partial charge on any atom is 0.134 e. The highest BCUT2D eigenvalue weighted by atomic mass is 19.1. The van der Waals surface area contributed by atoms with Crippen LogP contribution in [0.3, 0.4) is 0 Å². The summed E-state index contributed by atoms with van der Waals surface area (Å²) in [6.07, 6.45) is 0.925. The summed E-state index contributed by atoms with van der Waals surface area (Å²) < 4.78 is 13.0. The van der Waals surface area contributed by atoms with Crippen molar-refractivity contribution in [2.24, 2.45) is 0 Å². The molecule has 1 atom stereocenters. The summed E-state index contributed by atoms with van der Waals surface area (Å²) >= 11 is 0. The molecule has 1 aromatic heterocycles. The van der Waals surface area contributed by atoms with Crippen LogP contribution in [0.2, 0.25) is 0 Å². The lowest BCUT2D eigenvalue weighted by Crippen LogP contribution is -2.45. The highest BCUT2D eigenvalue weighted by Crippen LogP contribution is 2.31. The first-order valence-electron chi connectivity index (χ1n) is 8.98. The van der Waals surface area contributed by atoms with Crippen LogP contribution in [0.4, 0.5) is 16.0 Å². The molecule has 0 spiro atoms. The molecule has 0 amide bonds. The number of halogens is 1. The molecule has 4 rings (SSSR count). The van der Waals surface area contributed by atoms with Gasteiger partial charge in [-0.25, -0.2) is 14.4 Å². The third kappa shape index (κ3) is 4.06. The highest BCUT2D eigenvalue weighted by Gasteiger charge is 2.29. The summed E-state index contributed by atoms with van der Waals surface area (Å²) in [5.41, 5.74) is 2.01. The van der Waals surface area contributed by atoms with Gasteiger partial charge in [-0.15, -0.1) is 0 Å². The van der Waals surface area contributed by atoms with Crippen molar-refractivity contribution >= 4 is 11.6 Å². The van der Waals surface area contributed by atoms with Crippen molar-refractivity contribution in [2.75, 3.05) is 29.9 Å². The molecule has 6 heteroatoms. The summed E-state index contributed by atoms with van der Waals surface area (Å²) in [5, 5.41) is 13.4. The maximum atomic E-state index is 13.0. The number of benzene rings is 2. The number of aliphatic hydroxyl groups excluding tert-OH is 1. The van der Waals surface area contributed by atoms with Crippen LogP contribution in [0.1, 0.15) is 23.1 Å². The summed E-state index contributed by atoms with van der Waals surface area (Å²) in [6.45, 7) is 2.06. The average Bonchev–Trinajstić information content (AvgIpc) is 2.67. The number of anilines is 2. The van der Waals surface area contributed by atoms with Crippen molar-refractivity contribution in [3.8, 4) is 0 Å². The first-order valence-corrected chi connectivity index (χ1v) is 8.98. The van der Waals surface area contributed by atoms with Crippen LogP contribution >= 0.6 is 0 Å². The molecule has 1 aliphatic rings. The Morgan fingerprint density at radius 1 is 1.07 bits per heavy atom. The van der Waals surface area contributed by atoms with E-state index in [4.69, 9.17) is 0 Å². The van der Waals surface area contributed by atoms with Crippen molar-refractivity contribution in [1.29, 1.82) is 0 Å². The van der Waals surface area contributed by atoms with Crippen LogP contribution in [0, 0.1) is 5.82 Å². The van der Waals surface area contributed by atoms with Gasteiger partial charge >= 0.3 is 0 Å². The Balaban J connectivity index is 1.34. The standard InChI is InChI=1S/C21H21FN4O/c22-18-8-6-15(7-9-18)17-12-26(13-17)21-10-20(24-14-25-21)23-11-19(27)16-4-2-1-3-5-16/h1-10,14,17,19,27H,11-13H2,(H,23,24,25). The van der Waals surface area contributed by atoms with Crippen LogP contribution < -0.4 is 10.2 Å². The molecular formula is C21H21FN4O. The van der Waals surface area contributed by atoms with Crippen LogP contribution in [-0.2, 0) is 0 Å². The normalized spacial score (nSPS) is 15.3. The summed E-state index contributed by atoms with van der Waals surface area (Å²) in [7, 11) is 0. The van der Waals surface area contributed by atoms with Gasteiger partial charge in [0.15, 0.2) is 0 Å². The molecule has 2 N–H and O–H groups in total. The van der Waals surface area contributed by atoms with E-state index in [9.17, 15) is 9.50 Å². The zero-order valence-corrected chi connectivity index (χ0v) is 14.8. The average molecular weight is 364 g/mol. The largest absolute Gasteiger partial charge is 0.387 e.